The number of nitrogens with zero attached hydrogens (tertiary/aromatic N) is 1. The van der Waals surface area contributed by atoms with E-state index < -0.39 is 23.2 Å². The normalized spacial score (nSPS) is 28.3. The van der Waals surface area contributed by atoms with Crippen LogP contribution in [0.1, 0.15) is 40.5 Å². The van der Waals surface area contributed by atoms with Gasteiger partial charge in [-0.05, 0) is 34.1 Å². The van der Waals surface area contributed by atoms with E-state index in [1.54, 1.807) is 20.8 Å². The second-order valence-corrected chi connectivity index (χ2v) is 6.09. The lowest BCUT2D eigenvalue weighted by molar-refractivity contribution is -0.138. The number of carbonyl (C=O) groups excluding carboxylic acids is 1. The second-order valence-electron chi connectivity index (χ2n) is 6.09. The number of carboxylic acids is 1. The number of carbonyl (C=O) groups is 2. The Morgan fingerprint density at radius 2 is 2.06 bits per heavy atom. The molecular formula is C12H22N2O4. The maximum absolute atomic E-state index is 11.9. The number of hydrogen-bond acceptors (Lipinski definition) is 4. The third-order valence-electron chi connectivity index (χ3n) is 2.85. The maximum Gasteiger partial charge on any atom is 0.410 e. The minimum absolute atomic E-state index is 0.107. The molecule has 6 heteroatoms. The highest BCUT2D eigenvalue weighted by Crippen LogP contribution is 2.29. The number of amides is 1. The van der Waals surface area contributed by atoms with Gasteiger partial charge < -0.3 is 20.5 Å². The first-order valence-corrected chi connectivity index (χ1v) is 6.03. The predicted octanol–water partition coefficient (Wildman–Crippen LogP) is 1.19. The lowest BCUT2D eigenvalue weighted by Gasteiger charge is -2.27. The van der Waals surface area contributed by atoms with E-state index >= 15 is 0 Å². The van der Waals surface area contributed by atoms with E-state index in [-0.39, 0.29) is 19.0 Å². The number of nitrogens with two attached hydrogens (primary N) is 1. The van der Waals surface area contributed by atoms with Crippen molar-refractivity contribution < 1.29 is 19.4 Å². The molecule has 1 saturated heterocycles. The molecule has 0 aromatic rings. The molecule has 0 spiro atoms. The standard InChI is InChI=1S/C12H22N2O4/c1-8-5-12(13,6-9(15)16)7-14(8)10(17)18-11(2,3)4/h8H,5-7,13H2,1-4H3,(H,15,16). The van der Waals surface area contributed by atoms with Crippen LogP contribution in [0, 0.1) is 0 Å². The molecule has 0 aromatic heterocycles. The van der Waals surface area contributed by atoms with Crippen molar-refractivity contribution in [1.82, 2.24) is 4.90 Å². The summed E-state index contributed by atoms with van der Waals surface area (Å²) in [5, 5.41) is 8.82. The monoisotopic (exact) mass is 258 g/mol. The van der Waals surface area contributed by atoms with Crippen molar-refractivity contribution in [3.05, 3.63) is 0 Å². The summed E-state index contributed by atoms with van der Waals surface area (Å²) in [4.78, 5) is 24.2. The molecule has 0 aromatic carbocycles. The van der Waals surface area contributed by atoms with Crippen molar-refractivity contribution in [3.8, 4) is 0 Å². The van der Waals surface area contributed by atoms with E-state index in [2.05, 4.69) is 0 Å². The number of rotatable bonds is 2. The van der Waals surface area contributed by atoms with Crippen molar-refractivity contribution in [2.75, 3.05) is 6.54 Å². The summed E-state index contributed by atoms with van der Waals surface area (Å²) in [6, 6.07) is -0.107. The topological polar surface area (TPSA) is 92.9 Å². The smallest absolute Gasteiger partial charge is 0.410 e. The first-order chi connectivity index (χ1) is 8.02. The molecule has 0 bridgehead atoms. The third kappa shape index (κ3) is 3.87. The van der Waals surface area contributed by atoms with Gasteiger partial charge in [-0.15, -0.1) is 0 Å². The molecule has 0 saturated carbocycles. The van der Waals surface area contributed by atoms with Crippen molar-refractivity contribution in [2.24, 2.45) is 5.73 Å². The van der Waals surface area contributed by atoms with Crippen LogP contribution in [0.4, 0.5) is 4.79 Å². The SMILES string of the molecule is CC1CC(N)(CC(=O)O)CN1C(=O)OC(C)(C)C. The molecule has 1 heterocycles. The fourth-order valence-corrected chi connectivity index (χ4v) is 2.25. The molecule has 1 rings (SSSR count). The highest BCUT2D eigenvalue weighted by molar-refractivity contribution is 5.71. The molecule has 1 aliphatic heterocycles. The molecule has 1 aliphatic rings. The number of likely N-dealkylation sites (tertiary alicyclic amines) is 1. The van der Waals surface area contributed by atoms with Gasteiger partial charge in [0.2, 0.25) is 0 Å². The Balaban J connectivity index is 2.70. The minimum atomic E-state index is -0.948. The van der Waals surface area contributed by atoms with E-state index in [0.717, 1.165) is 0 Å². The van der Waals surface area contributed by atoms with Crippen LogP contribution in [-0.2, 0) is 9.53 Å². The number of hydrogen-bond donors (Lipinski definition) is 2. The number of ether oxygens (including phenoxy) is 1. The van der Waals surface area contributed by atoms with Crippen LogP contribution in [0.3, 0.4) is 0 Å². The molecule has 6 nitrogen and oxygen atoms in total. The van der Waals surface area contributed by atoms with Crippen LogP contribution in [-0.4, -0.2) is 45.8 Å². The van der Waals surface area contributed by atoms with Crippen LogP contribution in [0.5, 0.6) is 0 Å². The predicted molar refractivity (Wildman–Crippen MR) is 66.2 cm³/mol. The molecule has 3 N–H and O–H groups in total. The average molecular weight is 258 g/mol. The molecule has 0 radical (unpaired) electrons. The van der Waals surface area contributed by atoms with E-state index in [0.29, 0.717) is 6.42 Å². The Morgan fingerprint density at radius 3 is 2.50 bits per heavy atom. The molecular weight excluding hydrogens is 236 g/mol. The van der Waals surface area contributed by atoms with E-state index in [1.807, 2.05) is 6.92 Å². The van der Waals surface area contributed by atoms with Gasteiger partial charge in [-0.25, -0.2) is 4.79 Å². The Morgan fingerprint density at radius 1 is 1.50 bits per heavy atom. The van der Waals surface area contributed by atoms with E-state index in [9.17, 15) is 9.59 Å². The number of aliphatic carboxylic acids is 1. The fourth-order valence-electron chi connectivity index (χ4n) is 2.25. The van der Waals surface area contributed by atoms with Gasteiger partial charge in [0.1, 0.15) is 5.60 Å². The van der Waals surface area contributed by atoms with Gasteiger partial charge in [-0.2, -0.15) is 0 Å². The molecule has 2 unspecified atom stereocenters. The van der Waals surface area contributed by atoms with Crippen LogP contribution in [0.25, 0.3) is 0 Å². The average Bonchev–Trinajstić information content (AvgIpc) is 2.36. The zero-order valence-electron chi connectivity index (χ0n) is 11.4. The Kier molecular flexibility index (Phi) is 3.90. The zero-order chi connectivity index (χ0) is 14.1. The minimum Gasteiger partial charge on any atom is -0.481 e. The Bertz CT molecular complexity index is 350. The van der Waals surface area contributed by atoms with Crippen molar-refractivity contribution >= 4 is 12.1 Å². The lowest BCUT2D eigenvalue weighted by atomic mass is 9.94. The van der Waals surface area contributed by atoms with Crippen molar-refractivity contribution in [2.45, 2.75) is 57.7 Å². The Labute approximate surface area is 107 Å². The van der Waals surface area contributed by atoms with Gasteiger partial charge in [0, 0.05) is 18.1 Å². The van der Waals surface area contributed by atoms with Gasteiger partial charge in [-0.3, -0.25) is 4.79 Å². The molecule has 1 amide bonds. The fraction of sp³-hybridized carbons (Fsp3) is 0.833. The summed E-state index contributed by atoms with van der Waals surface area (Å²) in [7, 11) is 0. The molecule has 2 atom stereocenters. The first-order valence-electron chi connectivity index (χ1n) is 6.03. The summed E-state index contributed by atoms with van der Waals surface area (Å²) < 4.78 is 5.27. The van der Waals surface area contributed by atoms with Gasteiger partial charge in [0.25, 0.3) is 0 Å². The molecule has 0 aliphatic carbocycles. The van der Waals surface area contributed by atoms with Crippen molar-refractivity contribution in [3.63, 3.8) is 0 Å². The zero-order valence-corrected chi connectivity index (χ0v) is 11.4. The summed E-state index contributed by atoms with van der Waals surface area (Å²) in [5.74, 6) is -0.948. The molecule has 18 heavy (non-hydrogen) atoms. The highest BCUT2D eigenvalue weighted by atomic mass is 16.6. The van der Waals surface area contributed by atoms with Gasteiger partial charge in [0.05, 0.1) is 6.42 Å². The Hall–Kier alpha value is -1.30. The van der Waals surface area contributed by atoms with Gasteiger partial charge in [-0.1, -0.05) is 0 Å². The third-order valence-corrected chi connectivity index (χ3v) is 2.85. The lowest BCUT2D eigenvalue weighted by Crippen LogP contribution is -2.46. The molecule has 1 fully saturated rings. The maximum atomic E-state index is 11.9. The van der Waals surface area contributed by atoms with E-state index in [1.165, 1.54) is 4.90 Å². The van der Waals surface area contributed by atoms with Crippen LogP contribution in [0.2, 0.25) is 0 Å². The molecule has 104 valence electrons. The van der Waals surface area contributed by atoms with Gasteiger partial charge >= 0.3 is 12.1 Å². The quantitative estimate of drug-likeness (QED) is 0.776. The first kappa shape index (κ1) is 14.8. The highest BCUT2D eigenvalue weighted by Gasteiger charge is 2.44. The van der Waals surface area contributed by atoms with Crippen LogP contribution >= 0.6 is 0 Å². The summed E-state index contributed by atoms with van der Waals surface area (Å²) in [5.41, 5.74) is 4.59. The van der Waals surface area contributed by atoms with Crippen LogP contribution < -0.4 is 5.73 Å². The van der Waals surface area contributed by atoms with Crippen LogP contribution in [0.15, 0.2) is 0 Å². The number of carboxylic acid groups (broad SMARTS) is 1. The van der Waals surface area contributed by atoms with E-state index in [4.69, 9.17) is 15.6 Å². The van der Waals surface area contributed by atoms with Gasteiger partial charge in [0.15, 0.2) is 0 Å². The summed E-state index contributed by atoms with van der Waals surface area (Å²) >= 11 is 0. The largest absolute Gasteiger partial charge is 0.481 e. The second kappa shape index (κ2) is 4.76. The van der Waals surface area contributed by atoms with Crippen molar-refractivity contribution in [1.29, 1.82) is 0 Å². The summed E-state index contributed by atoms with van der Waals surface area (Å²) in [6.07, 6.45) is -0.109. The summed E-state index contributed by atoms with van der Waals surface area (Å²) in [6.45, 7) is 7.44.